The summed E-state index contributed by atoms with van der Waals surface area (Å²) in [6, 6.07) is 17.1. The molecule has 6 nitrogen and oxygen atoms in total. The quantitative estimate of drug-likeness (QED) is 0.858. The van der Waals surface area contributed by atoms with Gasteiger partial charge in [-0.25, -0.2) is 8.42 Å². The molecule has 2 aromatic rings. The van der Waals surface area contributed by atoms with E-state index in [0.29, 0.717) is 13.1 Å². The van der Waals surface area contributed by atoms with Crippen molar-refractivity contribution in [3.63, 3.8) is 0 Å². The maximum absolute atomic E-state index is 12.4. The minimum absolute atomic E-state index is 0.111. The Morgan fingerprint density at radius 3 is 2.21 bits per heavy atom. The second kappa shape index (κ2) is 6.97. The fourth-order valence-electron chi connectivity index (χ4n) is 4.17. The lowest BCUT2D eigenvalue weighted by molar-refractivity contribution is 0.384. The number of nitrogens with zero attached hydrogens (tertiary/aromatic N) is 3. The van der Waals surface area contributed by atoms with Crippen molar-refractivity contribution in [1.82, 2.24) is 4.31 Å². The van der Waals surface area contributed by atoms with E-state index in [4.69, 9.17) is 0 Å². The Morgan fingerprint density at radius 1 is 0.821 bits per heavy atom. The third kappa shape index (κ3) is 3.22. The second-order valence-corrected chi connectivity index (χ2v) is 9.96. The minimum Gasteiger partial charge on any atom is -0.382 e. The summed E-state index contributed by atoms with van der Waals surface area (Å²) >= 11 is 0. The average molecular weight is 399 g/mol. The molecule has 2 fully saturated rings. The van der Waals surface area contributed by atoms with Gasteiger partial charge in [-0.1, -0.05) is 12.1 Å². The molecule has 0 atom stereocenters. The highest BCUT2D eigenvalue weighted by atomic mass is 32.2. The van der Waals surface area contributed by atoms with Crippen LogP contribution in [0.5, 0.6) is 0 Å². The molecule has 2 heterocycles. The zero-order valence-electron chi connectivity index (χ0n) is 15.9. The Balaban J connectivity index is 1.28. The summed E-state index contributed by atoms with van der Waals surface area (Å²) in [7, 11) is -3.05. The summed E-state index contributed by atoms with van der Waals surface area (Å²) < 4.78 is 26.5. The third-order valence-electron chi connectivity index (χ3n) is 5.92. The van der Waals surface area contributed by atoms with Gasteiger partial charge in [0, 0.05) is 50.6 Å². The third-order valence-corrected chi connectivity index (χ3v) is 8.32. The van der Waals surface area contributed by atoms with E-state index >= 15 is 0 Å². The summed E-state index contributed by atoms with van der Waals surface area (Å²) in [6.45, 7) is 4.55. The van der Waals surface area contributed by atoms with Gasteiger partial charge in [0.15, 0.2) is 0 Å². The van der Waals surface area contributed by atoms with Crippen LogP contribution in [0.15, 0.2) is 48.5 Å². The van der Waals surface area contributed by atoms with Crippen molar-refractivity contribution in [2.24, 2.45) is 0 Å². The van der Waals surface area contributed by atoms with E-state index in [-0.39, 0.29) is 5.25 Å². The lowest BCUT2D eigenvalue weighted by atomic mass is 10.1. The van der Waals surface area contributed by atoms with Crippen molar-refractivity contribution in [2.45, 2.75) is 18.1 Å². The molecule has 0 aromatic heterocycles. The number of nitrogens with one attached hydrogen (secondary N) is 1. The number of rotatable bonds is 4. The fourth-order valence-corrected chi connectivity index (χ4v) is 6.00. The molecule has 3 aliphatic rings. The first-order chi connectivity index (χ1) is 13.6. The molecule has 0 amide bonds. The highest BCUT2D eigenvalue weighted by Gasteiger charge is 2.40. The normalized spacial score (nSPS) is 20.6. The highest BCUT2D eigenvalue weighted by Crippen LogP contribution is 2.35. The molecule has 148 valence electrons. The fraction of sp³-hybridized carbons (Fsp3) is 0.429. The molecule has 1 aliphatic carbocycles. The lowest BCUT2D eigenvalue weighted by Gasteiger charge is -2.36. The molecule has 0 bridgehead atoms. The van der Waals surface area contributed by atoms with Crippen LogP contribution in [-0.4, -0.2) is 57.2 Å². The number of piperazine rings is 1. The van der Waals surface area contributed by atoms with Crippen LogP contribution in [-0.2, 0) is 10.0 Å². The van der Waals surface area contributed by atoms with E-state index in [1.165, 1.54) is 17.1 Å². The molecule has 28 heavy (non-hydrogen) atoms. The largest absolute Gasteiger partial charge is 0.382 e. The van der Waals surface area contributed by atoms with E-state index in [1.807, 2.05) is 0 Å². The average Bonchev–Trinajstić information content (AvgIpc) is 3.60. The van der Waals surface area contributed by atoms with Crippen LogP contribution >= 0.6 is 0 Å². The molecular weight excluding hydrogens is 372 g/mol. The monoisotopic (exact) mass is 398 g/mol. The van der Waals surface area contributed by atoms with Crippen LogP contribution in [0.2, 0.25) is 0 Å². The smallest absolute Gasteiger partial charge is 0.217 e. The van der Waals surface area contributed by atoms with Gasteiger partial charge in [0.2, 0.25) is 10.0 Å². The molecule has 7 heteroatoms. The van der Waals surface area contributed by atoms with Gasteiger partial charge in [0.25, 0.3) is 0 Å². The van der Waals surface area contributed by atoms with Crippen LogP contribution < -0.4 is 15.1 Å². The maximum Gasteiger partial charge on any atom is 0.217 e. The molecule has 1 saturated heterocycles. The Hall–Kier alpha value is -2.25. The molecule has 5 rings (SSSR count). The van der Waals surface area contributed by atoms with Crippen LogP contribution in [0.25, 0.3) is 0 Å². The maximum atomic E-state index is 12.4. The number of benzene rings is 2. The molecule has 2 aromatic carbocycles. The predicted molar refractivity (Wildman–Crippen MR) is 114 cm³/mol. The van der Waals surface area contributed by atoms with Crippen LogP contribution in [0.4, 0.5) is 22.7 Å². The van der Waals surface area contributed by atoms with Gasteiger partial charge >= 0.3 is 0 Å². The molecule has 2 aliphatic heterocycles. The number of anilines is 4. The van der Waals surface area contributed by atoms with Crippen molar-refractivity contribution < 1.29 is 8.42 Å². The van der Waals surface area contributed by atoms with Crippen molar-refractivity contribution in [3.05, 3.63) is 48.5 Å². The van der Waals surface area contributed by atoms with E-state index < -0.39 is 10.0 Å². The number of para-hydroxylation sites is 2. The topological polar surface area (TPSA) is 55.9 Å². The van der Waals surface area contributed by atoms with Gasteiger partial charge in [-0.3, -0.25) is 0 Å². The summed E-state index contributed by atoms with van der Waals surface area (Å²) in [5.74, 6) is 0. The van der Waals surface area contributed by atoms with Crippen LogP contribution in [0.3, 0.4) is 0 Å². The summed E-state index contributed by atoms with van der Waals surface area (Å²) in [5.41, 5.74) is 4.73. The van der Waals surface area contributed by atoms with Gasteiger partial charge in [-0.2, -0.15) is 4.31 Å². The van der Waals surface area contributed by atoms with Crippen molar-refractivity contribution in [1.29, 1.82) is 0 Å². The number of fused-ring (bicyclic) bond motifs is 1. The van der Waals surface area contributed by atoms with Gasteiger partial charge in [0.05, 0.1) is 16.6 Å². The first kappa shape index (κ1) is 17.8. The van der Waals surface area contributed by atoms with Gasteiger partial charge in [-0.15, -0.1) is 0 Å². The molecule has 0 radical (unpaired) electrons. The molecule has 1 saturated carbocycles. The van der Waals surface area contributed by atoms with E-state index in [1.54, 1.807) is 4.31 Å². The molecule has 0 spiro atoms. The van der Waals surface area contributed by atoms with Crippen LogP contribution in [0.1, 0.15) is 12.8 Å². The van der Waals surface area contributed by atoms with Crippen molar-refractivity contribution in [3.8, 4) is 0 Å². The predicted octanol–water partition coefficient (Wildman–Crippen LogP) is 2.86. The van der Waals surface area contributed by atoms with Crippen molar-refractivity contribution >= 4 is 32.8 Å². The molecule has 0 unspecified atom stereocenters. The lowest BCUT2D eigenvalue weighted by Crippen LogP contribution is -2.49. The Labute approximate surface area is 166 Å². The first-order valence-corrected chi connectivity index (χ1v) is 11.6. The zero-order chi connectivity index (χ0) is 19.1. The van der Waals surface area contributed by atoms with Crippen LogP contribution in [0, 0.1) is 0 Å². The molecule has 1 N–H and O–H groups in total. The number of sulfonamides is 1. The number of hydrogen-bond acceptors (Lipinski definition) is 5. The van der Waals surface area contributed by atoms with Gasteiger partial charge in [-0.05, 0) is 49.2 Å². The first-order valence-electron chi connectivity index (χ1n) is 10.1. The Morgan fingerprint density at radius 2 is 1.50 bits per heavy atom. The zero-order valence-corrected chi connectivity index (χ0v) is 16.7. The highest BCUT2D eigenvalue weighted by molar-refractivity contribution is 7.90. The summed E-state index contributed by atoms with van der Waals surface area (Å²) in [5, 5.41) is 3.34. The standard InChI is InChI=1S/C21H26N4O2S/c26-28(27,19-9-10-19)24-15-13-23(14-16-24)17-5-7-18(8-6-17)25-12-11-22-20-3-1-2-4-21(20)25/h1-8,19,22H,9-16H2. The minimum atomic E-state index is -3.05. The van der Waals surface area contributed by atoms with E-state index in [0.717, 1.165) is 44.7 Å². The van der Waals surface area contributed by atoms with Crippen molar-refractivity contribution in [2.75, 3.05) is 54.4 Å². The van der Waals surface area contributed by atoms with E-state index in [9.17, 15) is 8.42 Å². The van der Waals surface area contributed by atoms with Gasteiger partial charge < -0.3 is 15.1 Å². The Kier molecular flexibility index (Phi) is 4.44. The molecular formula is C21H26N4O2S. The number of hydrogen-bond donors (Lipinski definition) is 1. The van der Waals surface area contributed by atoms with Gasteiger partial charge in [0.1, 0.15) is 0 Å². The second-order valence-electron chi connectivity index (χ2n) is 7.74. The SMILES string of the molecule is O=S(=O)(C1CC1)N1CCN(c2ccc(N3CCNc4ccccc43)cc2)CC1. The van der Waals surface area contributed by atoms with E-state index in [2.05, 4.69) is 63.6 Å². The Bertz CT molecular complexity index is 949. The summed E-state index contributed by atoms with van der Waals surface area (Å²) in [6.07, 6.45) is 1.66. The summed E-state index contributed by atoms with van der Waals surface area (Å²) in [4.78, 5) is 4.63.